The molecule has 1 aromatic carbocycles. The lowest BCUT2D eigenvalue weighted by molar-refractivity contribution is 0.957. The second kappa shape index (κ2) is 5.07. The first-order valence-corrected chi connectivity index (χ1v) is 7.69. The van der Waals surface area contributed by atoms with Crippen LogP contribution in [0.3, 0.4) is 0 Å². The molecule has 0 saturated carbocycles. The molecule has 6 heteroatoms. The van der Waals surface area contributed by atoms with Crippen LogP contribution in [-0.2, 0) is 0 Å². The predicted molar refractivity (Wildman–Crippen MR) is 80.3 cm³/mol. The third-order valence-electron chi connectivity index (χ3n) is 2.69. The summed E-state index contributed by atoms with van der Waals surface area (Å²) in [7, 11) is 0. The van der Waals surface area contributed by atoms with Crippen molar-refractivity contribution >= 4 is 44.9 Å². The standard InChI is InChI=1S/C13H10ClN3S2/c1-7-8(2)16-12(11(14)15-7)19-13-17-9-5-3-4-6-10(9)18-13/h3-6H,1-2H3. The van der Waals surface area contributed by atoms with Crippen LogP contribution in [0.5, 0.6) is 0 Å². The van der Waals surface area contributed by atoms with Gasteiger partial charge in [0.05, 0.1) is 21.6 Å². The number of para-hydroxylation sites is 1. The number of halogens is 1. The normalized spacial score (nSPS) is 11.1. The van der Waals surface area contributed by atoms with Crippen LogP contribution in [0.1, 0.15) is 11.4 Å². The lowest BCUT2D eigenvalue weighted by atomic mass is 10.3. The number of hydrogen-bond donors (Lipinski definition) is 0. The van der Waals surface area contributed by atoms with Crippen molar-refractivity contribution in [2.24, 2.45) is 0 Å². The average molecular weight is 308 g/mol. The lowest BCUT2D eigenvalue weighted by Crippen LogP contribution is -1.94. The summed E-state index contributed by atoms with van der Waals surface area (Å²) in [5.74, 6) is 0. The Bertz CT molecular complexity index is 722. The number of benzene rings is 1. The highest BCUT2D eigenvalue weighted by Gasteiger charge is 2.12. The van der Waals surface area contributed by atoms with Crippen LogP contribution in [0.4, 0.5) is 0 Å². The van der Waals surface area contributed by atoms with E-state index in [0.717, 1.165) is 25.9 Å². The van der Waals surface area contributed by atoms with Crippen molar-refractivity contribution in [1.29, 1.82) is 0 Å². The van der Waals surface area contributed by atoms with Gasteiger partial charge in [-0.2, -0.15) is 0 Å². The molecule has 96 valence electrons. The molecule has 0 aliphatic carbocycles. The third kappa shape index (κ3) is 2.59. The van der Waals surface area contributed by atoms with E-state index in [2.05, 4.69) is 21.0 Å². The predicted octanol–water partition coefficient (Wildman–Crippen LogP) is 4.51. The summed E-state index contributed by atoms with van der Waals surface area (Å²) >= 11 is 9.23. The molecule has 3 aromatic rings. The summed E-state index contributed by atoms with van der Waals surface area (Å²) in [4.78, 5) is 13.3. The molecule has 3 nitrogen and oxygen atoms in total. The molecule has 0 N–H and O–H groups in total. The number of thiazole rings is 1. The van der Waals surface area contributed by atoms with Crippen molar-refractivity contribution in [3.63, 3.8) is 0 Å². The van der Waals surface area contributed by atoms with Gasteiger partial charge < -0.3 is 0 Å². The maximum atomic E-state index is 6.13. The molecule has 0 aliphatic rings. The number of rotatable bonds is 2. The van der Waals surface area contributed by atoms with E-state index in [4.69, 9.17) is 11.6 Å². The Balaban J connectivity index is 1.98. The Morgan fingerprint density at radius 3 is 2.58 bits per heavy atom. The van der Waals surface area contributed by atoms with E-state index < -0.39 is 0 Å². The van der Waals surface area contributed by atoms with Crippen LogP contribution in [0.2, 0.25) is 5.15 Å². The number of aryl methyl sites for hydroxylation is 2. The van der Waals surface area contributed by atoms with Gasteiger partial charge in [-0.1, -0.05) is 23.7 Å². The van der Waals surface area contributed by atoms with E-state index >= 15 is 0 Å². The summed E-state index contributed by atoms with van der Waals surface area (Å²) in [6.45, 7) is 3.83. The second-order valence-electron chi connectivity index (χ2n) is 4.04. The van der Waals surface area contributed by atoms with E-state index in [0.29, 0.717) is 10.2 Å². The number of aromatic nitrogens is 3. The Labute approximate surface area is 124 Å². The molecule has 0 aliphatic heterocycles. The van der Waals surface area contributed by atoms with Crippen molar-refractivity contribution in [3.05, 3.63) is 40.8 Å². The van der Waals surface area contributed by atoms with E-state index in [1.54, 1.807) is 11.3 Å². The Morgan fingerprint density at radius 1 is 1.05 bits per heavy atom. The van der Waals surface area contributed by atoms with Crippen LogP contribution in [-0.4, -0.2) is 15.0 Å². The highest BCUT2D eigenvalue weighted by Crippen LogP contribution is 2.36. The second-order valence-corrected chi connectivity index (χ2v) is 6.66. The first-order valence-electron chi connectivity index (χ1n) is 5.67. The minimum atomic E-state index is 0.437. The zero-order valence-corrected chi connectivity index (χ0v) is 12.7. The summed E-state index contributed by atoms with van der Waals surface area (Å²) < 4.78 is 2.10. The zero-order valence-electron chi connectivity index (χ0n) is 10.3. The first-order chi connectivity index (χ1) is 9.13. The molecule has 2 aromatic heterocycles. The van der Waals surface area contributed by atoms with Gasteiger partial charge in [-0.25, -0.2) is 15.0 Å². The summed E-state index contributed by atoms with van der Waals surface area (Å²) in [5.41, 5.74) is 2.76. The van der Waals surface area contributed by atoms with Crippen molar-refractivity contribution in [3.8, 4) is 0 Å². The van der Waals surface area contributed by atoms with Crippen LogP contribution in [0.15, 0.2) is 33.6 Å². The summed E-state index contributed by atoms with van der Waals surface area (Å²) in [6, 6.07) is 8.06. The molecule has 0 spiro atoms. The Kier molecular flexibility index (Phi) is 3.43. The fourth-order valence-corrected chi connectivity index (χ4v) is 3.87. The molecular weight excluding hydrogens is 298 g/mol. The van der Waals surface area contributed by atoms with Crippen molar-refractivity contribution < 1.29 is 0 Å². The molecule has 0 fully saturated rings. The molecule has 2 heterocycles. The van der Waals surface area contributed by atoms with Gasteiger partial charge in [-0.05, 0) is 37.7 Å². The number of nitrogens with zero attached hydrogens (tertiary/aromatic N) is 3. The molecule has 3 rings (SSSR count). The number of fused-ring (bicyclic) bond motifs is 1. The molecule has 0 atom stereocenters. The van der Waals surface area contributed by atoms with Gasteiger partial charge in [-0.15, -0.1) is 11.3 Å². The van der Waals surface area contributed by atoms with Gasteiger partial charge in [0, 0.05) is 0 Å². The Morgan fingerprint density at radius 2 is 1.79 bits per heavy atom. The molecule has 0 bridgehead atoms. The van der Waals surface area contributed by atoms with Crippen molar-refractivity contribution in [2.75, 3.05) is 0 Å². The molecule has 0 unspecified atom stereocenters. The third-order valence-corrected chi connectivity index (χ3v) is 5.14. The van der Waals surface area contributed by atoms with E-state index in [1.165, 1.54) is 11.8 Å². The largest absolute Gasteiger partial charge is 0.241 e. The summed E-state index contributed by atoms with van der Waals surface area (Å²) in [6.07, 6.45) is 0. The van der Waals surface area contributed by atoms with Gasteiger partial charge in [-0.3, -0.25) is 0 Å². The van der Waals surface area contributed by atoms with Gasteiger partial charge in [0.15, 0.2) is 9.49 Å². The topological polar surface area (TPSA) is 38.7 Å². The van der Waals surface area contributed by atoms with Gasteiger partial charge in [0.1, 0.15) is 5.03 Å². The average Bonchev–Trinajstić information content (AvgIpc) is 2.78. The van der Waals surface area contributed by atoms with Crippen LogP contribution in [0, 0.1) is 13.8 Å². The van der Waals surface area contributed by atoms with Crippen molar-refractivity contribution in [2.45, 2.75) is 23.2 Å². The number of hydrogen-bond acceptors (Lipinski definition) is 5. The van der Waals surface area contributed by atoms with Gasteiger partial charge in [0.2, 0.25) is 0 Å². The molecule has 19 heavy (non-hydrogen) atoms. The monoisotopic (exact) mass is 307 g/mol. The maximum absolute atomic E-state index is 6.13. The van der Waals surface area contributed by atoms with Gasteiger partial charge in [0.25, 0.3) is 0 Å². The van der Waals surface area contributed by atoms with Gasteiger partial charge >= 0.3 is 0 Å². The molecular formula is C13H10ClN3S2. The van der Waals surface area contributed by atoms with E-state index in [-0.39, 0.29) is 0 Å². The van der Waals surface area contributed by atoms with Crippen molar-refractivity contribution in [1.82, 2.24) is 15.0 Å². The summed E-state index contributed by atoms with van der Waals surface area (Å²) in [5, 5.41) is 1.15. The maximum Gasteiger partial charge on any atom is 0.161 e. The first kappa shape index (κ1) is 12.8. The minimum Gasteiger partial charge on any atom is -0.241 e. The van der Waals surface area contributed by atoms with E-state index in [1.807, 2.05) is 32.0 Å². The highest BCUT2D eigenvalue weighted by atomic mass is 35.5. The minimum absolute atomic E-state index is 0.437. The molecule has 0 amide bonds. The van der Waals surface area contributed by atoms with Crippen LogP contribution in [0.25, 0.3) is 10.2 Å². The molecule has 0 saturated heterocycles. The highest BCUT2D eigenvalue weighted by molar-refractivity contribution is 8.01. The smallest absolute Gasteiger partial charge is 0.161 e. The van der Waals surface area contributed by atoms with E-state index in [9.17, 15) is 0 Å². The zero-order chi connectivity index (χ0) is 13.4. The fourth-order valence-electron chi connectivity index (χ4n) is 1.60. The van der Waals surface area contributed by atoms with Crippen LogP contribution >= 0.6 is 34.7 Å². The Hall–Kier alpha value is -1.17. The lowest BCUT2D eigenvalue weighted by Gasteiger charge is -2.03. The quantitative estimate of drug-likeness (QED) is 0.698. The molecule has 0 radical (unpaired) electrons. The fraction of sp³-hybridized carbons (Fsp3) is 0.154. The van der Waals surface area contributed by atoms with Crippen LogP contribution < -0.4 is 0 Å². The SMILES string of the molecule is Cc1nc(Cl)c(Sc2nc3ccccc3s2)nc1C.